The van der Waals surface area contributed by atoms with E-state index in [1.807, 2.05) is 53.9 Å². The molecule has 2 aromatic carbocycles. The summed E-state index contributed by atoms with van der Waals surface area (Å²) in [6.45, 7) is 0.691. The van der Waals surface area contributed by atoms with Gasteiger partial charge in [0.25, 0.3) is 0 Å². The van der Waals surface area contributed by atoms with Crippen molar-refractivity contribution in [3.63, 3.8) is 0 Å². The van der Waals surface area contributed by atoms with E-state index in [0.717, 1.165) is 34.6 Å². The highest BCUT2D eigenvalue weighted by molar-refractivity contribution is 7.92. The number of amides is 1. The minimum absolute atomic E-state index is 0.0182. The molecule has 1 amide bonds. The number of thiazole rings is 1. The van der Waals surface area contributed by atoms with Gasteiger partial charge >= 0.3 is 0 Å². The van der Waals surface area contributed by atoms with Crippen LogP contribution in [0.25, 0.3) is 11.3 Å². The summed E-state index contributed by atoms with van der Waals surface area (Å²) in [5.41, 5.74) is 3.93. The second kappa shape index (κ2) is 8.97. The standard InChI is InChI=1S/C22H22N2O4S2/c25-21(15-30(26,27)12-4-7-16-5-2-1-3-6-16)24-22-23-19(14-29-22)17-8-9-20-18(13-17)10-11-28-20/h1-3,5-6,8-9,13-14H,4,7,10-12,15H2,(H,23,24,25). The molecule has 1 aliphatic heterocycles. The first-order valence-corrected chi connectivity index (χ1v) is 12.4. The van der Waals surface area contributed by atoms with E-state index in [4.69, 9.17) is 4.74 Å². The molecule has 0 saturated heterocycles. The molecular weight excluding hydrogens is 420 g/mol. The van der Waals surface area contributed by atoms with Gasteiger partial charge in [-0.05, 0) is 42.2 Å². The Morgan fingerprint density at radius 1 is 1.17 bits per heavy atom. The van der Waals surface area contributed by atoms with Crippen LogP contribution in [0.5, 0.6) is 5.75 Å². The number of aryl methyl sites for hydroxylation is 1. The second-order valence-electron chi connectivity index (χ2n) is 7.19. The number of rotatable bonds is 8. The lowest BCUT2D eigenvalue weighted by atomic mass is 10.1. The van der Waals surface area contributed by atoms with Crippen LogP contribution in [0.1, 0.15) is 17.5 Å². The molecule has 1 aromatic heterocycles. The average Bonchev–Trinajstić information content (AvgIpc) is 3.36. The first-order chi connectivity index (χ1) is 14.5. The summed E-state index contributed by atoms with van der Waals surface area (Å²) in [5, 5.41) is 4.86. The van der Waals surface area contributed by atoms with E-state index in [1.54, 1.807) is 0 Å². The molecule has 1 N–H and O–H groups in total. The van der Waals surface area contributed by atoms with Gasteiger partial charge in [0, 0.05) is 17.4 Å². The molecule has 1 aliphatic rings. The predicted octanol–water partition coefficient (Wildman–Crippen LogP) is 3.73. The van der Waals surface area contributed by atoms with Gasteiger partial charge in [0.2, 0.25) is 5.91 Å². The Morgan fingerprint density at radius 2 is 2.00 bits per heavy atom. The van der Waals surface area contributed by atoms with Crippen LogP contribution < -0.4 is 10.1 Å². The number of carbonyl (C=O) groups is 1. The maximum absolute atomic E-state index is 12.3. The molecule has 30 heavy (non-hydrogen) atoms. The summed E-state index contributed by atoms with van der Waals surface area (Å²) in [4.78, 5) is 16.6. The number of nitrogens with one attached hydrogen (secondary N) is 1. The van der Waals surface area contributed by atoms with Crippen LogP contribution in [-0.2, 0) is 27.5 Å². The first kappa shape index (κ1) is 20.6. The zero-order valence-electron chi connectivity index (χ0n) is 16.3. The number of ether oxygens (including phenoxy) is 1. The highest BCUT2D eigenvalue weighted by Gasteiger charge is 2.18. The van der Waals surface area contributed by atoms with Crippen molar-refractivity contribution in [3.05, 3.63) is 65.0 Å². The van der Waals surface area contributed by atoms with Crippen LogP contribution in [0.3, 0.4) is 0 Å². The van der Waals surface area contributed by atoms with E-state index in [2.05, 4.69) is 10.3 Å². The van der Waals surface area contributed by atoms with Crippen molar-refractivity contribution in [2.75, 3.05) is 23.4 Å². The zero-order chi connectivity index (χ0) is 21.0. The van der Waals surface area contributed by atoms with Crippen molar-refractivity contribution in [1.29, 1.82) is 0 Å². The molecule has 3 aromatic rings. The number of anilines is 1. The second-order valence-corrected chi connectivity index (χ2v) is 10.2. The van der Waals surface area contributed by atoms with Gasteiger partial charge in [0.05, 0.1) is 18.1 Å². The van der Waals surface area contributed by atoms with Gasteiger partial charge in [-0.2, -0.15) is 0 Å². The van der Waals surface area contributed by atoms with Gasteiger partial charge in [-0.1, -0.05) is 30.3 Å². The fourth-order valence-electron chi connectivity index (χ4n) is 3.38. The Bertz CT molecular complexity index is 1140. The highest BCUT2D eigenvalue weighted by atomic mass is 32.2. The molecule has 0 bridgehead atoms. The minimum Gasteiger partial charge on any atom is -0.493 e. The van der Waals surface area contributed by atoms with Crippen LogP contribution in [0.15, 0.2) is 53.9 Å². The smallest absolute Gasteiger partial charge is 0.241 e. The molecule has 0 radical (unpaired) electrons. The summed E-state index contributed by atoms with van der Waals surface area (Å²) < 4.78 is 30.0. The molecule has 0 spiro atoms. The van der Waals surface area contributed by atoms with Gasteiger partial charge < -0.3 is 10.1 Å². The molecule has 156 valence electrons. The molecule has 0 saturated carbocycles. The Morgan fingerprint density at radius 3 is 2.83 bits per heavy atom. The molecule has 0 fully saturated rings. The number of benzene rings is 2. The molecule has 8 heteroatoms. The van der Waals surface area contributed by atoms with Crippen LogP contribution in [0.4, 0.5) is 5.13 Å². The van der Waals surface area contributed by atoms with E-state index in [9.17, 15) is 13.2 Å². The fourth-order valence-corrected chi connectivity index (χ4v) is 5.31. The minimum atomic E-state index is -3.47. The van der Waals surface area contributed by atoms with E-state index >= 15 is 0 Å². The summed E-state index contributed by atoms with van der Waals surface area (Å²) >= 11 is 1.28. The van der Waals surface area contributed by atoms with E-state index in [1.165, 1.54) is 11.3 Å². The Kier molecular flexibility index (Phi) is 6.15. The van der Waals surface area contributed by atoms with Crippen LogP contribution in [0, 0.1) is 0 Å². The van der Waals surface area contributed by atoms with Crippen molar-refractivity contribution in [3.8, 4) is 17.0 Å². The number of nitrogens with zero attached hydrogens (tertiary/aromatic N) is 1. The van der Waals surface area contributed by atoms with E-state index in [-0.39, 0.29) is 5.75 Å². The Balaban J connectivity index is 1.30. The zero-order valence-corrected chi connectivity index (χ0v) is 18.0. The third kappa shape index (κ3) is 5.25. The molecule has 4 rings (SSSR count). The normalized spacial score (nSPS) is 12.9. The SMILES string of the molecule is O=C(CS(=O)(=O)CCCc1ccccc1)Nc1nc(-c2ccc3c(c2)CCO3)cs1. The molecular formula is C22H22N2O4S2. The van der Waals surface area contributed by atoms with Crippen molar-refractivity contribution in [2.24, 2.45) is 0 Å². The maximum Gasteiger partial charge on any atom is 0.241 e. The largest absolute Gasteiger partial charge is 0.493 e. The third-order valence-electron chi connectivity index (χ3n) is 4.85. The summed E-state index contributed by atoms with van der Waals surface area (Å²) in [6, 6.07) is 15.6. The molecule has 2 heterocycles. The van der Waals surface area contributed by atoms with E-state index in [0.29, 0.717) is 24.6 Å². The van der Waals surface area contributed by atoms with Crippen LogP contribution in [-0.4, -0.2) is 37.4 Å². The first-order valence-electron chi connectivity index (χ1n) is 9.74. The van der Waals surface area contributed by atoms with E-state index < -0.39 is 21.5 Å². The predicted molar refractivity (Wildman–Crippen MR) is 119 cm³/mol. The van der Waals surface area contributed by atoms with Gasteiger partial charge in [-0.25, -0.2) is 13.4 Å². The Labute approximate surface area is 179 Å². The number of hydrogen-bond acceptors (Lipinski definition) is 6. The lowest BCUT2D eigenvalue weighted by molar-refractivity contribution is -0.113. The van der Waals surface area contributed by atoms with Gasteiger partial charge in [-0.15, -0.1) is 11.3 Å². The van der Waals surface area contributed by atoms with Gasteiger partial charge in [0.15, 0.2) is 15.0 Å². The monoisotopic (exact) mass is 442 g/mol. The topological polar surface area (TPSA) is 85.4 Å². The van der Waals surface area contributed by atoms with Crippen molar-refractivity contribution in [2.45, 2.75) is 19.3 Å². The van der Waals surface area contributed by atoms with Crippen LogP contribution in [0.2, 0.25) is 0 Å². The molecule has 0 unspecified atom stereocenters. The van der Waals surface area contributed by atoms with Crippen molar-refractivity contribution < 1.29 is 17.9 Å². The van der Waals surface area contributed by atoms with Crippen LogP contribution >= 0.6 is 11.3 Å². The Hall–Kier alpha value is -2.71. The van der Waals surface area contributed by atoms with Gasteiger partial charge in [-0.3, -0.25) is 4.79 Å². The number of carbonyl (C=O) groups excluding carboxylic acids is 1. The number of hydrogen-bond donors (Lipinski definition) is 1. The maximum atomic E-state index is 12.3. The number of aromatic nitrogens is 1. The van der Waals surface area contributed by atoms with Crippen molar-refractivity contribution >= 4 is 32.2 Å². The average molecular weight is 443 g/mol. The van der Waals surface area contributed by atoms with Gasteiger partial charge in [0.1, 0.15) is 11.5 Å². The molecule has 6 nitrogen and oxygen atoms in total. The summed E-state index contributed by atoms with van der Waals surface area (Å²) in [7, 11) is -3.47. The quantitative estimate of drug-likeness (QED) is 0.575. The third-order valence-corrected chi connectivity index (χ3v) is 7.22. The number of fused-ring (bicyclic) bond motifs is 1. The summed E-state index contributed by atoms with van der Waals surface area (Å²) in [6.07, 6.45) is 2.03. The molecule has 0 atom stereocenters. The summed E-state index contributed by atoms with van der Waals surface area (Å²) in [5.74, 6) is -0.208. The van der Waals surface area contributed by atoms with Crippen molar-refractivity contribution in [1.82, 2.24) is 4.98 Å². The molecule has 0 aliphatic carbocycles. The lowest BCUT2D eigenvalue weighted by Crippen LogP contribution is -2.24. The lowest BCUT2D eigenvalue weighted by Gasteiger charge is -2.05. The highest BCUT2D eigenvalue weighted by Crippen LogP contribution is 2.31. The fraction of sp³-hybridized carbons (Fsp3) is 0.273. The number of sulfone groups is 1.